The van der Waals surface area contributed by atoms with Crippen LogP contribution in [0.25, 0.3) is 0 Å². The number of fused-ring (bicyclic) bond motifs is 4. The smallest absolute Gasteiger partial charge is 0.410 e. The zero-order chi connectivity index (χ0) is 41.1. The number of rotatable bonds is 3. The lowest BCUT2D eigenvalue weighted by atomic mass is 10.00. The first kappa shape index (κ1) is 43.4. The van der Waals surface area contributed by atoms with E-state index in [0.29, 0.717) is 50.6 Å². The lowest BCUT2D eigenvalue weighted by molar-refractivity contribution is -0.148. The number of hydrogen-bond donors (Lipinski definition) is 3. The van der Waals surface area contributed by atoms with Gasteiger partial charge in [-0.25, -0.2) is 4.79 Å². The fraction of sp³-hybridized carbons (Fsp3) is 0.683. The maximum Gasteiger partial charge on any atom is 0.410 e. The molecule has 0 saturated carbocycles. The Morgan fingerprint density at radius 1 is 0.982 bits per heavy atom. The third kappa shape index (κ3) is 12.6. The summed E-state index contributed by atoms with van der Waals surface area (Å²) in [4.78, 5) is 78.2. The first-order valence-electron chi connectivity index (χ1n) is 20.6. The number of carbonyl (C=O) groups excluding carboxylic acids is 5. The van der Waals surface area contributed by atoms with Gasteiger partial charge in [0.1, 0.15) is 23.4 Å². The highest BCUT2D eigenvalue weighted by molar-refractivity contribution is 6.00. The molecule has 2 fully saturated rings. The molecule has 0 radical (unpaired) electrons. The predicted octanol–water partition coefficient (Wildman–Crippen LogP) is 4.00. The normalized spacial score (nSPS) is 23.4. The molecule has 2 saturated heterocycles. The summed E-state index contributed by atoms with van der Waals surface area (Å²) < 4.78 is 17.0. The van der Waals surface area contributed by atoms with Gasteiger partial charge in [-0.15, -0.1) is 0 Å². The van der Waals surface area contributed by atoms with Crippen LogP contribution in [0, 0.1) is 5.92 Å². The number of amides is 5. The van der Waals surface area contributed by atoms with Gasteiger partial charge >= 0.3 is 6.09 Å². The Morgan fingerprint density at radius 2 is 1.68 bits per heavy atom. The second-order valence-electron chi connectivity index (χ2n) is 16.8. The van der Waals surface area contributed by atoms with Crippen molar-refractivity contribution < 1.29 is 43.1 Å². The summed E-state index contributed by atoms with van der Waals surface area (Å²) in [6.45, 7) is 10.0. The maximum absolute atomic E-state index is 14.6. The van der Waals surface area contributed by atoms with Gasteiger partial charge in [0.15, 0.2) is 6.61 Å². The zero-order valence-electron chi connectivity index (χ0n) is 34.2. The second-order valence-corrected chi connectivity index (χ2v) is 16.8. The van der Waals surface area contributed by atoms with Gasteiger partial charge in [0, 0.05) is 45.1 Å². The number of aryl methyl sites for hydroxylation is 1. The van der Waals surface area contributed by atoms with Crippen LogP contribution in [-0.2, 0) is 32.1 Å². The van der Waals surface area contributed by atoms with Crippen molar-refractivity contribution >= 4 is 29.7 Å². The van der Waals surface area contributed by atoms with Crippen molar-refractivity contribution in [1.82, 2.24) is 35.5 Å². The van der Waals surface area contributed by atoms with Crippen LogP contribution in [0.3, 0.4) is 0 Å². The minimum Gasteiger partial charge on any atom is -0.485 e. The topological polar surface area (TPSA) is 197 Å². The van der Waals surface area contributed by atoms with E-state index in [1.54, 1.807) is 49.9 Å². The minimum atomic E-state index is -1.07. The maximum atomic E-state index is 14.6. The molecule has 3 aliphatic rings. The number of para-hydroxylation sites is 1. The lowest BCUT2D eigenvalue weighted by Crippen LogP contribution is -2.58. The molecular weight excluding hydrogens is 734 g/mol. The van der Waals surface area contributed by atoms with Crippen LogP contribution in [0.15, 0.2) is 28.8 Å². The van der Waals surface area contributed by atoms with E-state index in [-0.39, 0.29) is 55.7 Å². The van der Waals surface area contributed by atoms with Crippen LogP contribution >= 0.6 is 0 Å². The molecule has 314 valence electrons. The van der Waals surface area contributed by atoms with Crippen LogP contribution in [0.4, 0.5) is 4.79 Å². The molecule has 1 aromatic heterocycles. The van der Waals surface area contributed by atoms with Gasteiger partial charge in [0.05, 0.1) is 18.2 Å². The number of piperidine rings is 1. The Balaban J connectivity index is 1.39. The van der Waals surface area contributed by atoms with Gasteiger partial charge in [-0.1, -0.05) is 56.8 Å². The highest BCUT2D eigenvalue weighted by Crippen LogP contribution is 2.27. The number of nitrogens with one attached hydrogen (secondary N) is 2. The van der Waals surface area contributed by atoms with E-state index >= 15 is 0 Å². The number of nitrogens with zero attached hydrogens (tertiary/aromatic N) is 5. The van der Waals surface area contributed by atoms with E-state index in [1.807, 2.05) is 13.8 Å². The van der Waals surface area contributed by atoms with Gasteiger partial charge in [-0.2, -0.15) is 4.98 Å². The fourth-order valence-electron chi connectivity index (χ4n) is 7.60. The van der Waals surface area contributed by atoms with Gasteiger partial charge < -0.3 is 44.4 Å². The summed E-state index contributed by atoms with van der Waals surface area (Å²) in [6, 6.07) is 4.19. The van der Waals surface area contributed by atoms with E-state index in [0.717, 1.165) is 38.5 Å². The monoisotopic (exact) mass is 795 g/mol. The van der Waals surface area contributed by atoms with Crippen molar-refractivity contribution in [1.29, 1.82) is 0 Å². The molecule has 1 aromatic carbocycles. The number of carbonyl (C=O) groups is 5. The van der Waals surface area contributed by atoms with Crippen LogP contribution in [-0.4, -0.2) is 122 Å². The average Bonchev–Trinajstić information content (AvgIpc) is 3.79. The van der Waals surface area contributed by atoms with Crippen LogP contribution in [0.1, 0.15) is 121 Å². The van der Waals surface area contributed by atoms with Gasteiger partial charge in [0.25, 0.3) is 5.91 Å². The van der Waals surface area contributed by atoms with Crippen LogP contribution < -0.4 is 15.4 Å². The Hall–Kier alpha value is -4.73. The van der Waals surface area contributed by atoms with E-state index in [9.17, 15) is 29.1 Å². The Labute approximate surface area is 335 Å². The number of benzene rings is 1. The highest BCUT2D eigenvalue weighted by Gasteiger charge is 2.45. The van der Waals surface area contributed by atoms with Crippen molar-refractivity contribution in [2.75, 3.05) is 32.7 Å². The van der Waals surface area contributed by atoms with Crippen LogP contribution in [0.5, 0.6) is 5.75 Å². The number of aromatic nitrogens is 2. The first-order chi connectivity index (χ1) is 27.2. The minimum absolute atomic E-state index is 0.0176. The molecule has 3 aliphatic heterocycles. The Kier molecular flexibility index (Phi) is 15.3. The SMILES string of the molecule is CC(C)C[C@H]1NC(=O)c2ccccc2OCc2noc(n2)CCCCCCCCNC(=O)CN(C2CCN(C(=O)OC(C)(C)C)CC2)C(=O)[C@H]2C[C@H](O)CN2C1=O. The summed E-state index contributed by atoms with van der Waals surface area (Å²) >= 11 is 0. The first-order valence-corrected chi connectivity index (χ1v) is 20.6. The van der Waals surface area contributed by atoms with Crippen molar-refractivity contribution in [3.8, 4) is 5.75 Å². The summed E-state index contributed by atoms with van der Waals surface area (Å²) in [7, 11) is 0. The second kappa shape index (κ2) is 20.1. The molecule has 57 heavy (non-hydrogen) atoms. The predicted molar refractivity (Wildman–Crippen MR) is 209 cm³/mol. The fourth-order valence-corrected chi connectivity index (χ4v) is 7.60. The molecule has 3 atom stereocenters. The van der Waals surface area contributed by atoms with Crippen LogP contribution in [0.2, 0.25) is 0 Å². The summed E-state index contributed by atoms with van der Waals surface area (Å²) in [6.07, 6.45) is 5.87. The zero-order valence-corrected chi connectivity index (χ0v) is 34.2. The molecule has 2 aromatic rings. The highest BCUT2D eigenvalue weighted by atomic mass is 16.6. The molecule has 0 spiro atoms. The summed E-state index contributed by atoms with van der Waals surface area (Å²) in [5, 5.41) is 20.8. The lowest BCUT2D eigenvalue weighted by Gasteiger charge is -2.40. The standard InChI is InChI=1S/C41H61N7O9/c1-27(2)22-31-38(52)48-24-29(49)23-32(48)39(53)47(28-17-20-46(21-18-28)40(54)56-41(3,4)5)25-35(50)42-19-13-9-7-6-8-10-16-36-44-34(45-57-36)26-55-33-15-12-11-14-30(33)37(51)43-31/h11-12,14-15,27-29,31-32,49H,6-10,13,16-26H2,1-5H3,(H,42,50)(H,43,51)/t29-,31+,32+/m0/s1. The molecule has 3 N–H and O–H groups in total. The quantitative estimate of drug-likeness (QED) is 0.406. The van der Waals surface area contributed by atoms with Crippen molar-refractivity contribution in [3.05, 3.63) is 41.5 Å². The number of ether oxygens (including phenoxy) is 2. The average molecular weight is 796 g/mol. The van der Waals surface area contributed by atoms with E-state index in [4.69, 9.17) is 14.0 Å². The summed E-state index contributed by atoms with van der Waals surface area (Å²) in [5.74, 6) is -0.698. The molecule has 0 unspecified atom stereocenters. The summed E-state index contributed by atoms with van der Waals surface area (Å²) in [5.41, 5.74) is -0.460. The number of aliphatic hydroxyl groups excluding tert-OH is 1. The Morgan fingerprint density at radius 3 is 2.40 bits per heavy atom. The number of likely N-dealkylation sites (tertiary alicyclic amines) is 1. The Bertz CT molecular complexity index is 1680. The molecular formula is C41H61N7O9. The molecule has 4 heterocycles. The molecule has 16 nitrogen and oxygen atoms in total. The molecule has 0 aliphatic carbocycles. The van der Waals surface area contributed by atoms with Gasteiger partial charge in [-0.05, 0) is 70.9 Å². The van der Waals surface area contributed by atoms with E-state index in [2.05, 4.69) is 20.8 Å². The van der Waals surface area contributed by atoms with Gasteiger partial charge in [0.2, 0.25) is 29.4 Å². The van der Waals surface area contributed by atoms with Crippen molar-refractivity contribution in [2.24, 2.45) is 5.92 Å². The van der Waals surface area contributed by atoms with E-state index < -0.39 is 53.6 Å². The molecule has 5 rings (SSSR count). The largest absolute Gasteiger partial charge is 0.485 e. The molecule has 2 bridgehead atoms. The van der Waals surface area contributed by atoms with Crippen molar-refractivity contribution in [3.63, 3.8) is 0 Å². The molecule has 16 heteroatoms. The van der Waals surface area contributed by atoms with E-state index in [1.165, 1.54) is 9.80 Å². The molecule has 5 amide bonds. The van der Waals surface area contributed by atoms with Crippen molar-refractivity contribution in [2.45, 2.75) is 142 Å². The number of hydrogen-bond acceptors (Lipinski definition) is 11. The third-order valence-corrected chi connectivity index (χ3v) is 10.4. The number of aliphatic hydroxyl groups is 1. The van der Waals surface area contributed by atoms with Gasteiger partial charge in [-0.3, -0.25) is 19.2 Å². The third-order valence-electron chi connectivity index (χ3n) is 10.4.